The van der Waals surface area contributed by atoms with Gasteiger partial charge in [-0.05, 0) is 106 Å². The monoisotopic (exact) mass is 479 g/mol. The van der Waals surface area contributed by atoms with Gasteiger partial charge < -0.3 is 4.74 Å². The van der Waals surface area contributed by atoms with E-state index in [-0.39, 0.29) is 18.0 Å². The van der Waals surface area contributed by atoms with Crippen LogP contribution in [-0.4, -0.2) is 12.1 Å². The van der Waals surface area contributed by atoms with Gasteiger partial charge in [-0.2, -0.15) is 9.65 Å². The molecule has 0 aromatic heterocycles. The minimum Gasteiger partial charge on any atom is -0.462 e. The molecule has 2 fully saturated rings. The lowest BCUT2D eigenvalue weighted by Crippen LogP contribution is -2.29. The summed E-state index contributed by atoms with van der Waals surface area (Å²) in [5.74, 6) is 0.501. The number of allylic oxidation sites excluding steroid dienone is 4. The van der Waals surface area contributed by atoms with Crippen molar-refractivity contribution in [2.45, 2.75) is 109 Å². The minimum absolute atomic E-state index is 0.0142. The van der Waals surface area contributed by atoms with E-state index in [9.17, 15) is 9.18 Å². The zero-order valence-electron chi connectivity index (χ0n) is 21.4. The quantitative estimate of drug-likeness (QED) is 0.138. The number of ether oxygens (including phenoxy) is 1. The van der Waals surface area contributed by atoms with Crippen LogP contribution in [0.4, 0.5) is 4.39 Å². The van der Waals surface area contributed by atoms with Crippen molar-refractivity contribution in [1.82, 2.24) is 0 Å². The molecule has 2 aliphatic carbocycles. The first-order valence-electron chi connectivity index (χ1n) is 13.8. The lowest BCUT2D eigenvalue weighted by atomic mass is 9.79. The Bertz CT molecular complexity index is 866. The smallest absolute Gasteiger partial charge is 0.309 e. The van der Waals surface area contributed by atoms with Gasteiger partial charge in [-0.15, -0.1) is 0 Å². The third kappa shape index (κ3) is 9.28. The van der Waals surface area contributed by atoms with E-state index >= 15 is 0 Å². The number of halogens is 1. The first kappa shape index (κ1) is 27.2. The molecule has 190 valence electrons. The number of aryl methyl sites for hydroxylation is 1. The third-order valence-corrected chi connectivity index (χ3v) is 7.88. The average molecular weight is 480 g/mol. The molecule has 1 aromatic rings. The number of rotatable bonds is 11. The summed E-state index contributed by atoms with van der Waals surface area (Å²) in [6, 6.07) is 10.7. The van der Waals surface area contributed by atoms with E-state index < -0.39 is 5.83 Å². The van der Waals surface area contributed by atoms with Crippen LogP contribution in [0.3, 0.4) is 0 Å². The molecule has 3 nitrogen and oxygen atoms in total. The van der Waals surface area contributed by atoms with Crippen molar-refractivity contribution >= 4 is 5.97 Å². The molecule has 0 unspecified atom stereocenters. The van der Waals surface area contributed by atoms with Crippen LogP contribution in [0.5, 0.6) is 0 Å². The van der Waals surface area contributed by atoms with Crippen molar-refractivity contribution in [2.75, 3.05) is 0 Å². The molecule has 0 heterocycles. The van der Waals surface area contributed by atoms with Crippen LogP contribution in [0, 0.1) is 23.2 Å². The van der Waals surface area contributed by atoms with Crippen molar-refractivity contribution in [2.24, 2.45) is 11.8 Å². The molecule has 0 radical (unpaired) electrons. The summed E-state index contributed by atoms with van der Waals surface area (Å²) in [7, 11) is 0. The second kappa shape index (κ2) is 14.9. The molecule has 0 spiro atoms. The lowest BCUT2D eigenvalue weighted by molar-refractivity contribution is -0.157. The van der Waals surface area contributed by atoms with Gasteiger partial charge in [-0.25, -0.2) is 0 Å². The SMILES string of the molecule is CCCCCc1ccc([C@H]2CC[C@H](OC(=O)[C@H]3CC[C@H](CCC=CC=C(F)C#N)CC3)CC2)cc1. The molecule has 1 aromatic carbocycles. The van der Waals surface area contributed by atoms with Gasteiger partial charge in [0.1, 0.15) is 12.2 Å². The Morgan fingerprint density at radius 3 is 2.43 bits per heavy atom. The number of carbonyl (C=O) groups excluding carboxylic acids is 1. The summed E-state index contributed by atoms with van der Waals surface area (Å²) >= 11 is 0. The zero-order chi connectivity index (χ0) is 24.9. The molecule has 4 heteroatoms. The van der Waals surface area contributed by atoms with Crippen LogP contribution < -0.4 is 0 Å². The van der Waals surface area contributed by atoms with Gasteiger partial charge in [-0.3, -0.25) is 4.79 Å². The first-order valence-corrected chi connectivity index (χ1v) is 13.8. The Morgan fingerprint density at radius 2 is 1.77 bits per heavy atom. The first-order chi connectivity index (χ1) is 17.1. The molecule has 0 bridgehead atoms. The predicted octanol–water partition coefficient (Wildman–Crippen LogP) is 8.51. The van der Waals surface area contributed by atoms with Crippen LogP contribution in [0.25, 0.3) is 0 Å². The lowest BCUT2D eigenvalue weighted by Gasteiger charge is -2.31. The van der Waals surface area contributed by atoms with Crippen LogP contribution in [0.15, 0.2) is 48.3 Å². The Labute approximate surface area is 211 Å². The van der Waals surface area contributed by atoms with Gasteiger partial charge in [0, 0.05) is 0 Å². The van der Waals surface area contributed by atoms with Crippen molar-refractivity contribution in [1.29, 1.82) is 5.26 Å². The Balaban J connectivity index is 1.32. The summed E-state index contributed by atoms with van der Waals surface area (Å²) in [6.45, 7) is 2.24. The molecule has 0 N–H and O–H groups in total. The highest BCUT2D eigenvalue weighted by Crippen LogP contribution is 2.36. The molecule has 35 heavy (non-hydrogen) atoms. The number of hydrogen-bond acceptors (Lipinski definition) is 3. The molecular formula is C31H42FNO2. The van der Waals surface area contributed by atoms with Crippen molar-refractivity contribution in [3.05, 3.63) is 59.4 Å². The summed E-state index contributed by atoms with van der Waals surface area (Å²) in [4.78, 5) is 12.8. The maximum atomic E-state index is 12.8. The van der Waals surface area contributed by atoms with E-state index in [0.717, 1.165) is 64.2 Å². The van der Waals surface area contributed by atoms with E-state index in [4.69, 9.17) is 10.00 Å². The normalized spacial score (nSPS) is 25.3. The highest BCUT2D eigenvalue weighted by Gasteiger charge is 2.30. The maximum absolute atomic E-state index is 12.8. The van der Waals surface area contributed by atoms with Gasteiger partial charge in [0.2, 0.25) is 0 Å². The number of hydrogen-bond donors (Lipinski definition) is 0. The van der Waals surface area contributed by atoms with Crippen LogP contribution >= 0.6 is 0 Å². The minimum atomic E-state index is -0.763. The maximum Gasteiger partial charge on any atom is 0.309 e. The highest BCUT2D eigenvalue weighted by atomic mass is 19.1. The van der Waals surface area contributed by atoms with E-state index in [1.54, 1.807) is 6.08 Å². The summed E-state index contributed by atoms with van der Waals surface area (Å²) in [5, 5.41) is 8.40. The molecular weight excluding hydrogens is 437 g/mol. The molecule has 0 amide bonds. The molecule has 0 atom stereocenters. The molecule has 0 saturated heterocycles. The number of benzene rings is 1. The number of nitrogens with zero attached hydrogens (tertiary/aromatic N) is 1. The Hall–Kier alpha value is -2.41. The van der Waals surface area contributed by atoms with E-state index in [0.29, 0.717) is 11.8 Å². The van der Waals surface area contributed by atoms with Crippen LogP contribution in [-0.2, 0) is 16.0 Å². The molecule has 3 rings (SSSR count). The van der Waals surface area contributed by atoms with E-state index in [1.807, 2.05) is 6.08 Å². The average Bonchev–Trinajstić information content (AvgIpc) is 2.89. The van der Waals surface area contributed by atoms with Gasteiger partial charge >= 0.3 is 5.97 Å². The van der Waals surface area contributed by atoms with Gasteiger partial charge in [0.15, 0.2) is 5.83 Å². The Kier molecular flexibility index (Phi) is 11.5. The fraction of sp³-hybridized carbons (Fsp3) is 0.613. The summed E-state index contributed by atoms with van der Waals surface area (Å²) in [5.41, 5.74) is 2.88. The number of nitriles is 1. The van der Waals surface area contributed by atoms with Crippen LogP contribution in [0.1, 0.15) is 107 Å². The van der Waals surface area contributed by atoms with Gasteiger partial charge in [0.05, 0.1) is 5.92 Å². The van der Waals surface area contributed by atoms with Crippen molar-refractivity contribution < 1.29 is 13.9 Å². The zero-order valence-corrected chi connectivity index (χ0v) is 21.4. The van der Waals surface area contributed by atoms with Crippen molar-refractivity contribution in [3.8, 4) is 6.07 Å². The molecule has 2 saturated carbocycles. The standard InChI is InChI=1S/C31H42FNO2/c1-2-3-5-8-24-11-15-26(16-12-24)27-19-21-30(22-20-27)35-31(34)28-17-13-25(14-18-28)9-6-4-7-10-29(32)23-33/h4,7,10-12,15-16,25,27-28,30H,2-3,5-6,8-9,13-14,17-22H2,1H3/t25-,27-,28-,30-. The van der Waals surface area contributed by atoms with Gasteiger partial charge in [0.25, 0.3) is 0 Å². The highest BCUT2D eigenvalue weighted by molar-refractivity contribution is 5.72. The van der Waals surface area contributed by atoms with E-state index in [2.05, 4.69) is 31.2 Å². The fourth-order valence-corrected chi connectivity index (χ4v) is 5.61. The topological polar surface area (TPSA) is 50.1 Å². The second-order valence-corrected chi connectivity index (χ2v) is 10.5. The number of esters is 1. The second-order valence-electron chi connectivity index (χ2n) is 10.5. The predicted molar refractivity (Wildman–Crippen MR) is 139 cm³/mol. The molecule has 0 aliphatic heterocycles. The largest absolute Gasteiger partial charge is 0.462 e. The van der Waals surface area contributed by atoms with E-state index in [1.165, 1.54) is 49.0 Å². The van der Waals surface area contributed by atoms with Crippen LogP contribution in [0.2, 0.25) is 0 Å². The Morgan fingerprint density at radius 1 is 1.06 bits per heavy atom. The van der Waals surface area contributed by atoms with Crippen molar-refractivity contribution in [3.63, 3.8) is 0 Å². The fourth-order valence-electron chi connectivity index (χ4n) is 5.61. The number of carbonyl (C=O) groups is 1. The summed E-state index contributed by atoms with van der Waals surface area (Å²) < 4.78 is 18.7. The molecule has 2 aliphatic rings. The summed E-state index contributed by atoms with van der Waals surface area (Å²) in [6.07, 6.45) is 19.8. The van der Waals surface area contributed by atoms with Gasteiger partial charge in [-0.1, -0.05) is 56.2 Å². The number of unbranched alkanes of at least 4 members (excludes halogenated alkanes) is 2. The third-order valence-electron chi connectivity index (χ3n) is 7.88.